The lowest BCUT2D eigenvalue weighted by Crippen LogP contribution is -1.89. The predicted octanol–water partition coefficient (Wildman–Crippen LogP) is 1.69. The van der Waals surface area contributed by atoms with Crippen molar-refractivity contribution in [3.63, 3.8) is 0 Å². The standard InChI is InChI=1S/C8H10O.C2H7N/c9-7-6-8-4-2-1-3-5-8;1-3-2/h1-2,4,7H,3,5-6H2;3H,1-2H3. The fourth-order valence-electron chi connectivity index (χ4n) is 0.930. The van der Waals surface area contributed by atoms with Crippen LogP contribution in [0.4, 0.5) is 0 Å². The largest absolute Gasteiger partial charge is 0.323 e. The van der Waals surface area contributed by atoms with Gasteiger partial charge >= 0.3 is 0 Å². The Morgan fingerprint density at radius 1 is 1.58 bits per heavy atom. The molecular weight excluding hydrogens is 150 g/mol. The van der Waals surface area contributed by atoms with Gasteiger partial charge in [0, 0.05) is 6.42 Å². The molecule has 2 nitrogen and oxygen atoms in total. The molecule has 0 radical (unpaired) electrons. The van der Waals surface area contributed by atoms with Gasteiger partial charge in [0.25, 0.3) is 0 Å². The van der Waals surface area contributed by atoms with Gasteiger partial charge in [-0.2, -0.15) is 0 Å². The highest BCUT2D eigenvalue weighted by Crippen LogP contribution is 2.13. The highest BCUT2D eigenvalue weighted by molar-refractivity contribution is 5.54. The summed E-state index contributed by atoms with van der Waals surface area (Å²) in [6, 6.07) is 0. The van der Waals surface area contributed by atoms with Gasteiger partial charge < -0.3 is 10.1 Å². The molecule has 0 aromatic rings. The van der Waals surface area contributed by atoms with Crippen molar-refractivity contribution in [1.29, 1.82) is 0 Å². The highest BCUT2D eigenvalue weighted by atomic mass is 16.1. The molecule has 0 saturated heterocycles. The van der Waals surface area contributed by atoms with Gasteiger partial charge in [-0.3, -0.25) is 0 Å². The van der Waals surface area contributed by atoms with Gasteiger partial charge in [-0.1, -0.05) is 23.8 Å². The van der Waals surface area contributed by atoms with Crippen LogP contribution in [0.3, 0.4) is 0 Å². The van der Waals surface area contributed by atoms with Gasteiger partial charge in [0.05, 0.1) is 0 Å². The molecule has 0 aromatic heterocycles. The number of allylic oxidation sites excluding steroid dienone is 4. The molecule has 0 heterocycles. The van der Waals surface area contributed by atoms with Crippen molar-refractivity contribution in [3.05, 3.63) is 23.8 Å². The summed E-state index contributed by atoms with van der Waals surface area (Å²) in [6.07, 6.45) is 9.90. The van der Waals surface area contributed by atoms with Crippen molar-refractivity contribution in [1.82, 2.24) is 5.32 Å². The second-order valence-corrected chi connectivity index (χ2v) is 2.66. The fraction of sp³-hybridized carbons (Fsp3) is 0.500. The van der Waals surface area contributed by atoms with Gasteiger partial charge in [-0.15, -0.1) is 0 Å². The minimum atomic E-state index is 0.615. The Hall–Kier alpha value is -0.890. The third-order valence-electron chi connectivity index (χ3n) is 1.45. The number of carbonyl (C=O) groups excluding carboxylic acids is 1. The summed E-state index contributed by atoms with van der Waals surface area (Å²) in [5, 5.41) is 2.75. The Balaban J connectivity index is 0.000000354. The van der Waals surface area contributed by atoms with E-state index in [0.717, 1.165) is 19.1 Å². The third kappa shape index (κ3) is 5.86. The molecular formula is C10H17NO. The molecule has 0 bridgehead atoms. The number of carbonyl (C=O) groups is 1. The highest BCUT2D eigenvalue weighted by Gasteiger charge is 1.96. The van der Waals surface area contributed by atoms with Gasteiger partial charge in [-0.25, -0.2) is 0 Å². The quantitative estimate of drug-likeness (QED) is 0.634. The Morgan fingerprint density at radius 2 is 2.25 bits per heavy atom. The normalized spacial score (nSPS) is 14.3. The Labute approximate surface area is 74.4 Å². The minimum absolute atomic E-state index is 0.615. The van der Waals surface area contributed by atoms with Crippen LogP contribution in [0.2, 0.25) is 0 Å². The van der Waals surface area contributed by atoms with Gasteiger partial charge in [-0.05, 0) is 26.9 Å². The molecule has 0 atom stereocenters. The average molecular weight is 167 g/mol. The van der Waals surface area contributed by atoms with E-state index in [4.69, 9.17) is 0 Å². The summed E-state index contributed by atoms with van der Waals surface area (Å²) in [7, 11) is 3.75. The maximum absolute atomic E-state index is 10.0. The van der Waals surface area contributed by atoms with E-state index in [9.17, 15) is 4.79 Å². The van der Waals surface area contributed by atoms with Crippen LogP contribution in [-0.4, -0.2) is 20.4 Å². The molecule has 0 unspecified atom stereocenters. The molecule has 0 spiro atoms. The predicted molar refractivity (Wildman–Crippen MR) is 52.1 cm³/mol. The van der Waals surface area contributed by atoms with Crippen LogP contribution in [0.15, 0.2) is 23.8 Å². The average Bonchev–Trinajstić information content (AvgIpc) is 2.08. The molecule has 0 aliphatic heterocycles. The van der Waals surface area contributed by atoms with E-state index in [0.29, 0.717) is 6.42 Å². The van der Waals surface area contributed by atoms with E-state index < -0.39 is 0 Å². The van der Waals surface area contributed by atoms with Crippen molar-refractivity contribution < 1.29 is 4.79 Å². The number of hydrogen-bond acceptors (Lipinski definition) is 2. The topological polar surface area (TPSA) is 29.1 Å². The van der Waals surface area contributed by atoms with Crippen LogP contribution in [0.25, 0.3) is 0 Å². The van der Waals surface area contributed by atoms with Crippen LogP contribution in [0.5, 0.6) is 0 Å². The molecule has 0 saturated carbocycles. The van der Waals surface area contributed by atoms with E-state index in [-0.39, 0.29) is 0 Å². The monoisotopic (exact) mass is 167 g/mol. The molecule has 1 N–H and O–H groups in total. The van der Waals surface area contributed by atoms with E-state index in [2.05, 4.69) is 11.4 Å². The molecule has 0 fully saturated rings. The minimum Gasteiger partial charge on any atom is -0.323 e. The fourth-order valence-corrected chi connectivity index (χ4v) is 0.930. The molecule has 1 aliphatic carbocycles. The zero-order chi connectivity index (χ0) is 9.23. The van der Waals surface area contributed by atoms with E-state index >= 15 is 0 Å². The zero-order valence-corrected chi connectivity index (χ0v) is 7.84. The van der Waals surface area contributed by atoms with E-state index in [1.807, 2.05) is 26.2 Å². The van der Waals surface area contributed by atoms with Crippen molar-refractivity contribution in [2.45, 2.75) is 19.3 Å². The number of aldehydes is 1. The first-order chi connectivity index (χ1) is 5.85. The van der Waals surface area contributed by atoms with Crippen molar-refractivity contribution in [2.24, 2.45) is 0 Å². The van der Waals surface area contributed by atoms with E-state index in [1.54, 1.807) is 0 Å². The summed E-state index contributed by atoms with van der Waals surface area (Å²) in [5.74, 6) is 0. The van der Waals surface area contributed by atoms with Crippen LogP contribution in [0.1, 0.15) is 19.3 Å². The lowest BCUT2D eigenvalue weighted by atomic mass is 10.0. The Kier molecular flexibility index (Phi) is 7.60. The molecule has 2 heteroatoms. The Bertz CT molecular complexity index is 171. The Morgan fingerprint density at radius 3 is 2.67 bits per heavy atom. The lowest BCUT2D eigenvalue weighted by Gasteiger charge is -2.02. The molecule has 1 rings (SSSR count). The van der Waals surface area contributed by atoms with Gasteiger partial charge in [0.15, 0.2) is 0 Å². The number of hydrogen-bond donors (Lipinski definition) is 1. The van der Waals surface area contributed by atoms with Crippen molar-refractivity contribution in [3.8, 4) is 0 Å². The second-order valence-electron chi connectivity index (χ2n) is 2.66. The number of nitrogens with one attached hydrogen (secondary N) is 1. The SMILES string of the molecule is CNC.O=CCC1=CC=CCC1. The molecule has 0 aromatic carbocycles. The summed E-state index contributed by atoms with van der Waals surface area (Å²) in [4.78, 5) is 10.0. The molecule has 12 heavy (non-hydrogen) atoms. The van der Waals surface area contributed by atoms with Gasteiger partial charge in [0.1, 0.15) is 6.29 Å². The van der Waals surface area contributed by atoms with Gasteiger partial charge in [0.2, 0.25) is 0 Å². The van der Waals surface area contributed by atoms with Crippen molar-refractivity contribution >= 4 is 6.29 Å². The first-order valence-corrected chi connectivity index (χ1v) is 4.21. The smallest absolute Gasteiger partial charge is 0.124 e. The summed E-state index contributed by atoms with van der Waals surface area (Å²) < 4.78 is 0. The first kappa shape index (κ1) is 11.1. The second kappa shape index (κ2) is 8.21. The summed E-state index contributed by atoms with van der Waals surface area (Å²) in [5.41, 5.74) is 1.26. The third-order valence-corrected chi connectivity index (χ3v) is 1.45. The molecule has 68 valence electrons. The summed E-state index contributed by atoms with van der Waals surface area (Å²) in [6.45, 7) is 0. The maximum Gasteiger partial charge on any atom is 0.124 e. The van der Waals surface area contributed by atoms with Crippen LogP contribution in [0, 0.1) is 0 Å². The molecule has 0 amide bonds. The van der Waals surface area contributed by atoms with Crippen LogP contribution >= 0.6 is 0 Å². The lowest BCUT2D eigenvalue weighted by molar-refractivity contribution is -0.107. The molecule has 1 aliphatic rings. The maximum atomic E-state index is 10.0. The zero-order valence-electron chi connectivity index (χ0n) is 7.84. The van der Waals surface area contributed by atoms with Crippen molar-refractivity contribution in [2.75, 3.05) is 14.1 Å². The summed E-state index contributed by atoms with van der Waals surface area (Å²) >= 11 is 0. The van der Waals surface area contributed by atoms with Crippen LogP contribution in [-0.2, 0) is 4.79 Å². The van der Waals surface area contributed by atoms with E-state index in [1.165, 1.54) is 5.57 Å². The van der Waals surface area contributed by atoms with Crippen LogP contribution < -0.4 is 5.32 Å². The number of rotatable bonds is 2. The first-order valence-electron chi connectivity index (χ1n) is 4.21.